The van der Waals surface area contributed by atoms with Crippen LogP contribution in [0.3, 0.4) is 0 Å². The van der Waals surface area contributed by atoms with Crippen molar-refractivity contribution in [1.29, 1.82) is 0 Å². The average molecular weight is 235 g/mol. The first-order valence-corrected chi connectivity index (χ1v) is 6.08. The topological polar surface area (TPSA) is 51.4 Å². The molecule has 0 radical (unpaired) electrons. The van der Waals surface area contributed by atoms with Gasteiger partial charge >= 0.3 is 0 Å². The molecule has 17 heavy (non-hydrogen) atoms. The molecular weight excluding hydrogens is 214 g/mol. The maximum Gasteiger partial charge on any atom is 0.133 e. The number of ether oxygens (including phenoxy) is 1. The van der Waals surface area contributed by atoms with Crippen molar-refractivity contribution in [2.24, 2.45) is 5.73 Å². The number of rotatable bonds is 2. The first kappa shape index (κ1) is 12.3. The van der Waals surface area contributed by atoms with Crippen LogP contribution in [-0.2, 0) is 11.3 Å². The largest absolute Gasteiger partial charge is 0.369 e. The molecule has 0 saturated carbocycles. The standard InChI is InChI=1S/C13H21N3O/c1-10-8-16(9-13(2,3)17-10)12-11(7-14)5-4-6-15-12/h4-6,10H,7-9,14H2,1-3H3. The maximum absolute atomic E-state index is 5.90. The van der Waals surface area contributed by atoms with E-state index >= 15 is 0 Å². The molecule has 2 heterocycles. The second-order valence-electron chi connectivity index (χ2n) is 5.26. The van der Waals surface area contributed by atoms with E-state index in [4.69, 9.17) is 10.5 Å². The van der Waals surface area contributed by atoms with Crippen LogP contribution in [0.25, 0.3) is 0 Å². The van der Waals surface area contributed by atoms with Gasteiger partial charge in [0, 0.05) is 31.4 Å². The summed E-state index contributed by atoms with van der Waals surface area (Å²) in [6.07, 6.45) is 2.04. The molecule has 2 N–H and O–H groups in total. The Labute approximate surface area is 103 Å². The molecule has 4 nitrogen and oxygen atoms in total. The fourth-order valence-corrected chi connectivity index (χ4v) is 2.49. The lowest BCUT2D eigenvalue weighted by Crippen LogP contribution is -2.52. The van der Waals surface area contributed by atoms with E-state index in [1.54, 1.807) is 0 Å². The van der Waals surface area contributed by atoms with Gasteiger partial charge in [0.25, 0.3) is 0 Å². The van der Waals surface area contributed by atoms with E-state index in [0.29, 0.717) is 6.54 Å². The summed E-state index contributed by atoms with van der Waals surface area (Å²) < 4.78 is 5.90. The van der Waals surface area contributed by atoms with Crippen molar-refractivity contribution in [3.63, 3.8) is 0 Å². The van der Waals surface area contributed by atoms with Gasteiger partial charge in [0.05, 0.1) is 11.7 Å². The normalized spacial score (nSPS) is 23.8. The van der Waals surface area contributed by atoms with Gasteiger partial charge < -0.3 is 15.4 Å². The van der Waals surface area contributed by atoms with Gasteiger partial charge in [-0.3, -0.25) is 0 Å². The lowest BCUT2D eigenvalue weighted by atomic mass is 10.0. The molecule has 2 rings (SSSR count). The molecule has 1 saturated heterocycles. The Morgan fingerprint density at radius 2 is 2.35 bits per heavy atom. The third-order valence-corrected chi connectivity index (χ3v) is 2.96. The van der Waals surface area contributed by atoms with Crippen molar-refractivity contribution in [3.05, 3.63) is 23.9 Å². The predicted octanol–water partition coefficient (Wildman–Crippen LogP) is 1.54. The van der Waals surface area contributed by atoms with Crippen LogP contribution in [0, 0.1) is 0 Å². The molecule has 94 valence electrons. The summed E-state index contributed by atoms with van der Waals surface area (Å²) in [7, 11) is 0. The van der Waals surface area contributed by atoms with Crippen LogP contribution >= 0.6 is 0 Å². The molecule has 0 aromatic carbocycles. The van der Waals surface area contributed by atoms with E-state index in [1.807, 2.05) is 18.3 Å². The minimum Gasteiger partial charge on any atom is -0.369 e. The first-order valence-electron chi connectivity index (χ1n) is 6.08. The first-order chi connectivity index (χ1) is 8.02. The minimum atomic E-state index is -0.138. The second kappa shape index (κ2) is 4.63. The second-order valence-corrected chi connectivity index (χ2v) is 5.26. The van der Waals surface area contributed by atoms with E-state index in [1.165, 1.54) is 0 Å². The number of morpholine rings is 1. The molecular formula is C13H21N3O. The summed E-state index contributed by atoms with van der Waals surface area (Å²) in [6.45, 7) is 8.56. The number of hydrogen-bond donors (Lipinski definition) is 1. The predicted molar refractivity (Wildman–Crippen MR) is 69.0 cm³/mol. The van der Waals surface area contributed by atoms with Crippen molar-refractivity contribution in [2.75, 3.05) is 18.0 Å². The lowest BCUT2D eigenvalue weighted by Gasteiger charge is -2.42. The van der Waals surface area contributed by atoms with E-state index in [2.05, 4.69) is 30.7 Å². The quantitative estimate of drug-likeness (QED) is 0.845. The smallest absolute Gasteiger partial charge is 0.133 e. The van der Waals surface area contributed by atoms with Gasteiger partial charge in [-0.1, -0.05) is 6.07 Å². The maximum atomic E-state index is 5.90. The van der Waals surface area contributed by atoms with Crippen LogP contribution in [0.1, 0.15) is 26.3 Å². The SMILES string of the molecule is CC1CN(c2ncccc2CN)CC(C)(C)O1. The highest BCUT2D eigenvalue weighted by Gasteiger charge is 2.32. The highest BCUT2D eigenvalue weighted by molar-refractivity contribution is 5.47. The highest BCUT2D eigenvalue weighted by atomic mass is 16.5. The van der Waals surface area contributed by atoms with Gasteiger partial charge in [-0.05, 0) is 26.8 Å². The van der Waals surface area contributed by atoms with Gasteiger partial charge in [-0.2, -0.15) is 0 Å². The van der Waals surface area contributed by atoms with Crippen molar-refractivity contribution >= 4 is 5.82 Å². The zero-order chi connectivity index (χ0) is 12.5. The lowest BCUT2D eigenvalue weighted by molar-refractivity contribution is -0.0752. The van der Waals surface area contributed by atoms with Crippen molar-refractivity contribution < 1.29 is 4.74 Å². The van der Waals surface area contributed by atoms with E-state index in [9.17, 15) is 0 Å². The van der Waals surface area contributed by atoms with Gasteiger partial charge in [0.2, 0.25) is 0 Å². The van der Waals surface area contributed by atoms with E-state index in [-0.39, 0.29) is 11.7 Å². The van der Waals surface area contributed by atoms with Crippen LogP contribution in [-0.4, -0.2) is 29.8 Å². The van der Waals surface area contributed by atoms with Crippen molar-refractivity contribution in [1.82, 2.24) is 4.98 Å². The average Bonchev–Trinajstić information content (AvgIpc) is 2.26. The molecule has 1 atom stereocenters. The third-order valence-electron chi connectivity index (χ3n) is 2.96. The Hall–Kier alpha value is -1.13. The van der Waals surface area contributed by atoms with Gasteiger partial charge in [0.15, 0.2) is 0 Å². The molecule has 0 aliphatic carbocycles. The molecule has 1 unspecified atom stereocenters. The molecule has 0 amide bonds. The molecule has 0 bridgehead atoms. The van der Waals surface area contributed by atoms with Crippen LogP contribution in [0.5, 0.6) is 0 Å². The summed E-state index contributed by atoms with van der Waals surface area (Å²) in [5.74, 6) is 0.998. The Morgan fingerprint density at radius 3 is 3.00 bits per heavy atom. The van der Waals surface area contributed by atoms with Crippen LogP contribution in [0.15, 0.2) is 18.3 Å². The molecule has 1 aromatic heterocycles. The van der Waals surface area contributed by atoms with E-state index in [0.717, 1.165) is 24.5 Å². The zero-order valence-corrected chi connectivity index (χ0v) is 10.8. The van der Waals surface area contributed by atoms with Crippen molar-refractivity contribution in [3.8, 4) is 0 Å². The molecule has 0 spiro atoms. The van der Waals surface area contributed by atoms with Gasteiger partial charge in [-0.15, -0.1) is 0 Å². The molecule has 1 aliphatic rings. The molecule has 4 heteroatoms. The molecule has 1 aliphatic heterocycles. The molecule has 1 aromatic rings. The Balaban J connectivity index is 2.27. The fraction of sp³-hybridized carbons (Fsp3) is 0.615. The minimum absolute atomic E-state index is 0.138. The number of aromatic nitrogens is 1. The van der Waals surface area contributed by atoms with Crippen LogP contribution < -0.4 is 10.6 Å². The fourth-order valence-electron chi connectivity index (χ4n) is 2.49. The zero-order valence-electron chi connectivity index (χ0n) is 10.8. The van der Waals surface area contributed by atoms with Crippen LogP contribution in [0.2, 0.25) is 0 Å². The summed E-state index contributed by atoms with van der Waals surface area (Å²) in [4.78, 5) is 6.74. The summed E-state index contributed by atoms with van der Waals surface area (Å²) in [5, 5.41) is 0. The van der Waals surface area contributed by atoms with Gasteiger partial charge in [0.1, 0.15) is 5.82 Å². The third kappa shape index (κ3) is 2.76. The number of nitrogens with zero attached hydrogens (tertiary/aromatic N) is 2. The number of anilines is 1. The monoisotopic (exact) mass is 235 g/mol. The summed E-state index contributed by atoms with van der Waals surface area (Å²) >= 11 is 0. The van der Waals surface area contributed by atoms with Crippen molar-refractivity contribution in [2.45, 2.75) is 39.0 Å². The highest BCUT2D eigenvalue weighted by Crippen LogP contribution is 2.26. The Bertz CT molecular complexity index is 392. The number of nitrogens with two attached hydrogens (primary N) is 1. The van der Waals surface area contributed by atoms with E-state index < -0.39 is 0 Å². The number of hydrogen-bond acceptors (Lipinski definition) is 4. The van der Waals surface area contributed by atoms with Crippen LogP contribution in [0.4, 0.5) is 5.82 Å². The summed E-state index contributed by atoms with van der Waals surface area (Å²) in [5.41, 5.74) is 6.72. The van der Waals surface area contributed by atoms with Gasteiger partial charge in [-0.25, -0.2) is 4.98 Å². The Kier molecular flexibility index (Phi) is 3.35. The Morgan fingerprint density at radius 1 is 1.59 bits per heavy atom. The number of pyridine rings is 1. The summed E-state index contributed by atoms with van der Waals surface area (Å²) in [6, 6.07) is 3.97. The molecule has 1 fully saturated rings.